The standard InChI is InChI=1S/C25H23BrN2O2/c1-16-14-23(22-15-20(26)10-13-24(22)28(16)17(2)29)27-21-11-8-19(9-12-21)25(30)18-6-4-3-5-7-18/h3-13,15-16,23,27H,14H2,1-2H3. The lowest BCUT2D eigenvalue weighted by molar-refractivity contribution is -0.117. The first-order valence-electron chi connectivity index (χ1n) is 9.99. The predicted octanol–water partition coefficient (Wildman–Crippen LogP) is 5.98. The molecule has 0 aromatic heterocycles. The average Bonchev–Trinajstić information content (AvgIpc) is 2.74. The Balaban J connectivity index is 1.58. The van der Waals surface area contributed by atoms with Gasteiger partial charge in [-0.05, 0) is 61.4 Å². The Morgan fingerprint density at radius 3 is 2.30 bits per heavy atom. The van der Waals surface area contributed by atoms with Crippen LogP contribution >= 0.6 is 15.9 Å². The van der Waals surface area contributed by atoms with E-state index in [9.17, 15) is 9.59 Å². The maximum atomic E-state index is 12.6. The van der Waals surface area contributed by atoms with Crippen molar-refractivity contribution in [1.29, 1.82) is 0 Å². The molecular weight excluding hydrogens is 440 g/mol. The lowest BCUT2D eigenvalue weighted by Gasteiger charge is -2.39. The third-order valence-electron chi connectivity index (χ3n) is 5.51. The summed E-state index contributed by atoms with van der Waals surface area (Å²) in [6, 6.07) is 23.1. The van der Waals surface area contributed by atoms with E-state index in [4.69, 9.17) is 0 Å². The minimum absolute atomic E-state index is 0.0137. The zero-order valence-electron chi connectivity index (χ0n) is 16.9. The summed E-state index contributed by atoms with van der Waals surface area (Å²) in [6.45, 7) is 3.68. The molecule has 4 rings (SSSR count). The monoisotopic (exact) mass is 462 g/mol. The van der Waals surface area contributed by atoms with Crippen LogP contribution in [0.1, 0.15) is 47.8 Å². The number of halogens is 1. The SMILES string of the molecule is CC(=O)N1c2ccc(Br)cc2C(Nc2ccc(C(=O)c3ccccc3)cc2)CC1C. The molecule has 5 heteroatoms. The molecule has 3 aromatic rings. The Morgan fingerprint density at radius 2 is 1.63 bits per heavy atom. The molecule has 0 saturated heterocycles. The van der Waals surface area contributed by atoms with Gasteiger partial charge < -0.3 is 10.2 Å². The molecule has 0 radical (unpaired) electrons. The van der Waals surface area contributed by atoms with Gasteiger partial charge in [0.15, 0.2) is 5.78 Å². The maximum Gasteiger partial charge on any atom is 0.224 e. The number of anilines is 2. The van der Waals surface area contributed by atoms with Crippen LogP contribution in [0.2, 0.25) is 0 Å². The van der Waals surface area contributed by atoms with Crippen LogP contribution in [0.25, 0.3) is 0 Å². The van der Waals surface area contributed by atoms with Crippen LogP contribution < -0.4 is 10.2 Å². The van der Waals surface area contributed by atoms with E-state index in [1.807, 2.05) is 71.6 Å². The van der Waals surface area contributed by atoms with Crippen molar-refractivity contribution in [3.8, 4) is 0 Å². The Kier molecular flexibility index (Phi) is 5.73. The van der Waals surface area contributed by atoms with Crippen molar-refractivity contribution in [1.82, 2.24) is 0 Å². The van der Waals surface area contributed by atoms with Gasteiger partial charge in [-0.15, -0.1) is 0 Å². The van der Waals surface area contributed by atoms with E-state index in [0.717, 1.165) is 27.8 Å². The van der Waals surface area contributed by atoms with E-state index in [0.29, 0.717) is 11.1 Å². The molecule has 0 spiro atoms. The molecule has 30 heavy (non-hydrogen) atoms. The highest BCUT2D eigenvalue weighted by Crippen LogP contribution is 2.40. The second-order valence-electron chi connectivity index (χ2n) is 7.65. The van der Waals surface area contributed by atoms with Gasteiger partial charge in [0.05, 0.1) is 6.04 Å². The van der Waals surface area contributed by atoms with Crippen LogP contribution in [-0.4, -0.2) is 17.7 Å². The highest BCUT2D eigenvalue weighted by atomic mass is 79.9. The summed E-state index contributed by atoms with van der Waals surface area (Å²) in [5.41, 5.74) is 4.32. The van der Waals surface area contributed by atoms with Crippen LogP contribution in [-0.2, 0) is 4.79 Å². The molecule has 4 nitrogen and oxygen atoms in total. The quantitative estimate of drug-likeness (QED) is 0.485. The smallest absolute Gasteiger partial charge is 0.224 e. The van der Waals surface area contributed by atoms with E-state index >= 15 is 0 Å². The third kappa shape index (κ3) is 4.03. The van der Waals surface area contributed by atoms with E-state index in [-0.39, 0.29) is 23.8 Å². The molecule has 2 unspecified atom stereocenters. The van der Waals surface area contributed by atoms with Gasteiger partial charge in [-0.25, -0.2) is 0 Å². The zero-order chi connectivity index (χ0) is 21.3. The van der Waals surface area contributed by atoms with Gasteiger partial charge in [-0.3, -0.25) is 9.59 Å². The summed E-state index contributed by atoms with van der Waals surface area (Å²) in [4.78, 5) is 26.7. The van der Waals surface area contributed by atoms with Crippen molar-refractivity contribution in [2.75, 3.05) is 10.2 Å². The Hall–Kier alpha value is -2.92. The molecule has 0 saturated carbocycles. The van der Waals surface area contributed by atoms with Crippen molar-refractivity contribution in [3.63, 3.8) is 0 Å². The minimum Gasteiger partial charge on any atom is -0.378 e. The van der Waals surface area contributed by atoms with Crippen molar-refractivity contribution in [2.24, 2.45) is 0 Å². The second-order valence-corrected chi connectivity index (χ2v) is 8.56. The molecule has 1 amide bonds. The van der Waals surface area contributed by atoms with Gasteiger partial charge >= 0.3 is 0 Å². The van der Waals surface area contributed by atoms with Gasteiger partial charge in [0.2, 0.25) is 5.91 Å². The molecule has 0 bridgehead atoms. The molecule has 1 aliphatic heterocycles. The fraction of sp³-hybridized carbons (Fsp3) is 0.200. The van der Waals surface area contributed by atoms with E-state index in [1.165, 1.54) is 0 Å². The number of rotatable bonds is 4. The van der Waals surface area contributed by atoms with Crippen molar-refractivity contribution < 1.29 is 9.59 Å². The first-order chi connectivity index (χ1) is 14.4. The molecule has 0 fully saturated rings. The second kappa shape index (κ2) is 8.44. The fourth-order valence-electron chi connectivity index (χ4n) is 4.13. The Labute approximate surface area is 185 Å². The van der Waals surface area contributed by atoms with Gasteiger partial charge in [0.1, 0.15) is 0 Å². The zero-order valence-corrected chi connectivity index (χ0v) is 18.5. The summed E-state index contributed by atoms with van der Waals surface area (Å²) in [5.74, 6) is 0.0631. The lowest BCUT2D eigenvalue weighted by Crippen LogP contribution is -2.43. The average molecular weight is 463 g/mol. The maximum absolute atomic E-state index is 12.6. The number of hydrogen-bond acceptors (Lipinski definition) is 3. The number of ketones is 1. The van der Waals surface area contributed by atoms with Gasteiger partial charge in [-0.1, -0.05) is 46.3 Å². The lowest BCUT2D eigenvalue weighted by atomic mass is 9.91. The first kappa shape index (κ1) is 20.4. The topological polar surface area (TPSA) is 49.4 Å². The summed E-state index contributed by atoms with van der Waals surface area (Å²) in [5, 5.41) is 3.59. The molecule has 3 aromatic carbocycles. The van der Waals surface area contributed by atoms with Crippen LogP contribution in [0.4, 0.5) is 11.4 Å². The van der Waals surface area contributed by atoms with Crippen molar-refractivity contribution >= 4 is 39.0 Å². The third-order valence-corrected chi connectivity index (χ3v) is 6.00. The van der Waals surface area contributed by atoms with E-state index in [1.54, 1.807) is 6.92 Å². The van der Waals surface area contributed by atoms with Crippen LogP contribution in [0.5, 0.6) is 0 Å². The first-order valence-corrected chi connectivity index (χ1v) is 10.8. The van der Waals surface area contributed by atoms with Gasteiger partial charge in [0.25, 0.3) is 0 Å². The fourth-order valence-corrected chi connectivity index (χ4v) is 4.51. The number of carbonyl (C=O) groups excluding carboxylic acids is 2. The van der Waals surface area contributed by atoms with Crippen molar-refractivity contribution in [2.45, 2.75) is 32.4 Å². The number of benzene rings is 3. The predicted molar refractivity (Wildman–Crippen MR) is 124 cm³/mol. The summed E-state index contributed by atoms with van der Waals surface area (Å²) in [7, 11) is 0. The van der Waals surface area contributed by atoms with Crippen LogP contribution in [0, 0.1) is 0 Å². The minimum atomic E-state index is 0.0137. The van der Waals surface area contributed by atoms with Crippen LogP contribution in [0.15, 0.2) is 77.3 Å². The number of carbonyl (C=O) groups is 2. The van der Waals surface area contributed by atoms with Crippen LogP contribution in [0.3, 0.4) is 0 Å². The molecule has 0 aliphatic carbocycles. The van der Waals surface area contributed by atoms with E-state index in [2.05, 4.69) is 34.2 Å². The highest BCUT2D eigenvalue weighted by Gasteiger charge is 2.32. The summed E-state index contributed by atoms with van der Waals surface area (Å²) in [6.07, 6.45) is 0.799. The molecule has 152 valence electrons. The molecule has 1 aliphatic rings. The number of fused-ring (bicyclic) bond motifs is 1. The Morgan fingerprint density at radius 1 is 0.967 bits per heavy atom. The number of nitrogens with one attached hydrogen (secondary N) is 1. The van der Waals surface area contributed by atoms with Crippen molar-refractivity contribution in [3.05, 3.63) is 94.0 Å². The summed E-state index contributed by atoms with van der Waals surface area (Å²) < 4.78 is 0.981. The Bertz CT molecular complexity index is 1080. The van der Waals surface area contributed by atoms with E-state index < -0.39 is 0 Å². The molecule has 2 atom stereocenters. The molecule has 1 N–H and O–H groups in total. The highest BCUT2D eigenvalue weighted by molar-refractivity contribution is 9.10. The number of hydrogen-bond donors (Lipinski definition) is 1. The summed E-state index contributed by atoms with van der Waals surface area (Å²) >= 11 is 3.55. The van der Waals surface area contributed by atoms with Gasteiger partial charge in [-0.2, -0.15) is 0 Å². The number of nitrogens with zero attached hydrogens (tertiary/aromatic N) is 1. The largest absolute Gasteiger partial charge is 0.378 e. The van der Waals surface area contributed by atoms with Gasteiger partial charge in [0, 0.05) is 39.9 Å². The molecular formula is C25H23BrN2O2. The number of amides is 1. The normalized spacial score (nSPS) is 17.9. The molecule has 1 heterocycles.